The zero-order chi connectivity index (χ0) is 19.5. The topological polar surface area (TPSA) is 69.0 Å². The molecule has 28 heavy (non-hydrogen) atoms. The first kappa shape index (κ1) is 18.8. The summed E-state index contributed by atoms with van der Waals surface area (Å²) in [6.45, 7) is 6.18. The highest BCUT2D eigenvalue weighted by molar-refractivity contribution is 7.13. The Labute approximate surface area is 168 Å². The summed E-state index contributed by atoms with van der Waals surface area (Å²) in [7, 11) is 0. The molecule has 4 rings (SSSR count). The maximum atomic E-state index is 13.0. The molecule has 1 N–H and O–H groups in total. The molecule has 4 heterocycles. The van der Waals surface area contributed by atoms with E-state index >= 15 is 0 Å². The second kappa shape index (κ2) is 8.24. The third kappa shape index (κ3) is 3.86. The molecule has 0 aromatic carbocycles. The quantitative estimate of drug-likeness (QED) is 0.634. The lowest BCUT2D eigenvalue weighted by atomic mass is 10.1. The predicted octanol–water partition coefficient (Wildman–Crippen LogP) is 4.21. The minimum absolute atomic E-state index is 0.0822. The summed E-state index contributed by atoms with van der Waals surface area (Å²) in [5, 5.41) is 10.3. The standard InChI is InChI=1S/C21H24N4O2S/c1-14(2)25-20-17(13-23-25)16(12-18(24-20)19-4-3-11-28-19)21(26)22-8-5-15-6-9-27-10-7-15/h3-4,6,11-14H,5,7-10H2,1-2H3,(H,22,26). The summed E-state index contributed by atoms with van der Waals surface area (Å²) in [6, 6.07) is 6.06. The minimum Gasteiger partial charge on any atom is -0.377 e. The van der Waals surface area contributed by atoms with E-state index in [9.17, 15) is 4.79 Å². The van der Waals surface area contributed by atoms with E-state index in [4.69, 9.17) is 9.72 Å². The van der Waals surface area contributed by atoms with E-state index in [1.165, 1.54) is 5.57 Å². The first-order valence-corrected chi connectivity index (χ1v) is 10.5. The van der Waals surface area contributed by atoms with Crippen molar-refractivity contribution in [1.29, 1.82) is 0 Å². The second-order valence-corrected chi connectivity index (χ2v) is 8.09. The molecule has 6 nitrogen and oxygen atoms in total. The minimum atomic E-state index is -0.0822. The zero-order valence-corrected chi connectivity index (χ0v) is 17.0. The van der Waals surface area contributed by atoms with Crippen LogP contribution in [-0.2, 0) is 4.74 Å². The van der Waals surface area contributed by atoms with Crippen LogP contribution in [0.3, 0.4) is 0 Å². The molecule has 0 spiro atoms. The van der Waals surface area contributed by atoms with Crippen molar-refractivity contribution in [3.05, 3.63) is 47.0 Å². The molecule has 146 valence electrons. The Kier molecular flexibility index (Phi) is 5.54. The number of nitrogens with one attached hydrogen (secondary N) is 1. The van der Waals surface area contributed by atoms with E-state index in [0.29, 0.717) is 18.7 Å². The van der Waals surface area contributed by atoms with Crippen molar-refractivity contribution < 1.29 is 9.53 Å². The number of carbonyl (C=O) groups is 1. The average molecular weight is 397 g/mol. The van der Waals surface area contributed by atoms with E-state index in [-0.39, 0.29) is 11.9 Å². The van der Waals surface area contributed by atoms with Crippen LogP contribution in [0, 0.1) is 0 Å². The molecule has 3 aromatic rings. The van der Waals surface area contributed by atoms with Gasteiger partial charge in [0, 0.05) is 12.6 Å². The number of fused-ring (bicyclic) bond motifs is 1. The van der Waals surface area contributed by atoms with Gasteiger partial charge in [-0.25, -0.2) is 9.67 Å². The van der Waals surface area contributed by atoms with Crippen LogP contribution in [0.5, 0.6) is 0 Å². The fourth-order valence-corrected chi connectivity index (χ4v) is 4.04. The molecule has 1 amide bonds. The Balaban J connectivity index is 1.63. The maximum Gasteiger partial charge on any atom is 0.252 e. The fraction of sp³-hybridized carbons (Fsp3) is 0.381. The number of aromatic nitrogens is 3. The van der Waals surface area contributed by atoms with Gasteiger partial charge < -0.3 is 10.1 Å². The molecule has 3 aromatic heterocycles. The average Bonchev–Trinajstić information content (AvgIpc) is 3.37. The summed E-state index contributed by atoms with van der Waals surface area (Å²) < 4.78 is 7.21. The van der Waals surface area contributed by atoms with Crippen LogP contribution in [0.4, 0.5) is 0 Å². The van der Waals surface area contributed by atoms with Gasteiger partial charge in [-0.1, -0.05) is 17.7 Å². The first-order chi connectivity index (χ1) is 13.6. The Bertz CT molecular complexity index is 1010. The van der Waals surface area contributed by atoms with Gasteiger partial charge in [-0.2, -0.15) is 5.10 Å². The van der Waals surface area contributed by atoms with Gasteiger partial charge in [0.15, 0.2) is 5.65 Å². The normalized spacial score (nSPS) is 14.5. The molecule has 0 fully saturated rings. The highest BCUT2D eigenvalue weighted by Crippen LogP contribution is 2.29. The third-order valence-electron chi connectivity index (χ3n) is 4.86. The number of amides is 1. The molecule has 0 saturated carbocycles. The number of ether oxygens (including phenoxy) is 1. The van der Waals surface area contributed by atoms with Crippen molar-refractivity contribution in [3.8, 4) is 10.6 Å². The Hall–Kier alpha value is -2.51. The molecule has 0 aliphatic carbocycles. The Morgan fingerprint density at radius 1 is 1.43 bits per heavy atom. The van der Waals surface area contributed by atoms with Crippen LogP contribution in [0.1, 0.15) is 43.1 Å². The molecule has 1 aliphatic rings. The molecule has 1 aliphatic heterocycles. The summed E-state index contributed by atoms with van der Waals surface area (Å²) >= 11 is 1.62. The molecule has 0 bridgehead atoms. The van der Waals surface area contributed by atoms with Gasteiger partial charge in [-0.05, 0) is 44.2 Å². The van der Waals surface area contributed by atoms with E-state index < -0.39 is 0 Å². The molecule has 7 heteroatoms. The number of rotatable bonds is 6. The third-order valence-corrected chi connectivity index (χ3v) is 5.76. The van der Waals surface area contributed by atoms with Gasteiger partial charge in [0.2, 0.25) is 0 Å². The number of pyridine rings is 1. The van der Waals surface area contributed by atoms with Gasteiger partial charge in [0.1, 0.15) is 0 Å². The smallest absolute Gasteiger partial charge is 0.252 e. The van der Waals surface area contributed by atoms with Crippen molar-refractivity contribution in [2.24, 2.45) is 0 Å². The lowest BCUT2D eigenvalue weighted by molar-refractivity contribution is 0.0955. The SMILES string of the molecule is CC(C)n1ncc2c(C(=O)NCCC3=CCOCC3)cc(-c3cccs3)nc21. The van der Waals surface area contributed by atoms with Crippen LogP contribution in [0.25, 0.3) is 21.6 Å². The fourth-order valence-electron chi connectivity index (χ4n) is 3.36. The first-order valence-electron chi connectivity index (χ1n) is 9.59. The Morgan fingerprint density at radius 2 is 2.32 bits per heavy atom. The van der Waals surface area contributed by atoms with Gasteiger partial charge >= 0.3 is 0 Å². The molecule has 0 saturated heterocycles. The van der Waals surface area contributed by atoms with E-state index in [0.717, 1.165) is 41.1 Å². The highest BCUT2D eigenvalue weighted by atomic mass is 32.1. The van der Waals surface area contributed by atoms with Crippen LogP contribution >= 0.6 is 11.3 Å². The number of hydrogen-bond acceptors (Lipinski definition) is 5. The van der Waals surface area contributed by atoms with E-state index in [1.807, 2.05) is 28.3 Å². The predicted molar refractivity (Wildman–Crippen MR) is 112 cm³/mol. The monoisotopic (exact) mass is 396 g/mol. The second-order valence-electron chi connectivity index (χ2n) is 7.15. The van der Waals surface area contributed by atoms with Crippen LogP contribution in [0.2, 0.25) is 0 Å². The molecular formula is C21H24N4O2S. The van der Waals surface area contributed by atoms with Gasteiger partial charge in [-0.3, -0.25) is 4.79 Å². The molecule has 0 atom stereocenters. The van der Waals surface area contributed by atoms with E-state index in [1.54, 1.807) is 17.5 Å². The summed E-state index contributed by atoms with van der Waals surface area (Å²) in [4.78, 5) is 18.8. The number of carbonyl (C=O) groups excluding carboxylic acids is 1. The number of thiophene rings is 1. The lowest BCUT2D eigenvalue weighted by Crippen LogP contribution is -2.25. The van der Waals surface area contributed by atoms with Gasteiger partial charge in [0.05, 0.1) is 40.9 Å². The van der Waals surface area contributed by atoms with Crippen molar-refractivity contribution >= 4 is 28.3 Å². The van der Waals surface area contributed by atoms with E-state index in [2.05, 4.69) is 30.3 Å². The Morgan fingerprint density at radius 3 is 3.04 bits per heavy atom. The summed E-state index contributed by atoms with van der Waals surface area (Å²) in [5.41, 5.74) is 3.53. The molecular weight excluding hydrogens is 372 g/mol. The van der Waals surface area contributed by atoms with Crippen molar-refractivity contribution in [2.75, 3.05) is 19.8 Å². The lowest BCUT2D eigenvalue weighted by Gasteiger charge is -2.14. The van der Waals surface area contributed by atoms with Gasteiger partial charge in [-0.15, -0.1) is 11.3 Å². The van der Waals surface area contributed by atoms with Gasteiger partial charge in [0.25, 0.3) is 5.91 Å². The summed E-state index contributed by atoms with van der Waals surface area (Å²) in [6.07, 6.45) is 5.66. The van der Waals surface area contributed by atoms with Crippen molar-refractivity contribution in [3.63, 3.8) is 0 Å². The van der Waals surface area contributed by atoms with Crippen molar-refractivity contribution in [2.45, 2.75) is 32.7 Å². The highest BCUT2D eigenvalue weighted by Gasteiger charge is 2.18. The maximum absolute atomic E-state index is 13.0. The zero-order valence-electron chi connectivity index (χ0n) is 16.1. The molecule has 0 radical (unpaired) electrons. The number of nitrogens with zero attached hydrogens (tertiary/aromatic N) is 3. The van der Waals surface area contributed by atoms with Crippen LogP contribution in [0.15, 0.2) is 41.4 Å². The number of hydrogen-bond donors (Lipinski definition) is 1. The van der Waals surface area contributed by atoms with Crippen LogP contribution < -0.4 is 5.32 Å². The molecule has 0 unspecified atom stereocenters. The summed E-state index contributed by atoms with van der Waals surface area (Å²) in [5.74, 6) is -0.0822. The largest absolute Gasteiger partial charge is 0.377 e. The van der Waals surface area contributed by atoms with Crippen molar-refractivity contribution in [1.82, 2.24) is 20.1 Å². The van der Waals surface area contributed by atoms with Crippen LogP contribution in [-0.4, -0.2) is 40.4 Å².